The van der Waals surface area contributed by atoms with Crippen molar-refractivity contribution in [2.45, 2.75) is 12.8 Å². The van der Waals surface area contributed by atoms with E-state index in [-0.39, 0.29) is 0 Å². The molecular formula is C24H34N8O. The number of piperazine rings is 1. The van der Waals surface area contributed by atoms with Crippen LogP contribution in [0.3, 0.4) is 0 Å². The number of nitrogens with zero attached hydrogens (tertiary/aromatic N) is 7. The fraction of sp³-hybridized carbons (Fsp3) is 0.458. The first-order valence-electron chi connectivity index (χ1n) is 11.3. The van der Waals surface area contributed by atoms with Crippen molar-refractivity contribution in [2.75, 3.05) is 69.1 Å². The van der Waals surface area contributed by atoms with Crippen molar-refractivity contribution in [3.8, 4) is 0 Å². The lowest BCUT2D eigenvalue weighted by atomic mass is 10.1. The number of methoxy groups -OCH3 is 1. The summed E-state index contributed by atoms with van der Waals surface area (Å²) in [5.74, 6) is 2.84. The minimum absolute atomic E-state index is 0.374. The highest BCUT2D eigenvalue weighted by atomic mass is 16.4. The van der Waals surface area contributed by atoms with E-state index in [1.807, 2.05) is 30.2 Å². The molecule has 1 saturated heterocycles. The van der Waals surface area contributed by atoms with Gasteiger partial charge in [0.25, 0.3) is 0 Å². The first kappa shape index (κ1) is 23.0. The van der Waals surface area contributed by atoms with Crippen LogP contribution in [-0.2, 0) is 11.8 Å². The third-order valence-electron chi connectivity index (χ3n) is 6.01. The first-order valence-corrected chi connectivity index (χ1v) is 11.3. The van der Waals surface area contributed by atoms with Gasteiger partial charge in [-0.05, 0) is 31.3 Å². The number of hydrogen-bond acceptors (Lipinski definition) is 8. The number of ether oxygens (including phenoxy) is 1. The predicted molar refractivity (Wildman–Crippen MR) is 133 cm³/mol. The molecule has 9 heteroatoms. The molecule has 33 heavy (non-hydrogen) atoms. The van der Waals surface area contributed by atoms with Gasteiger partial charge in [-0.2, -0.15) is 10.1 Å². The van der Waals surface area contributed by atoms with Crippen molar-refractivity contribution >= 4 is 29.0 Å². The maximum Gasteiger partial charge on any atom is 0.229 e. The molecule has 4 heterocycles. The molecule has 1 aromatic carbocycles. The maximum atomic E-state index is 4.83. The zero-order chi connectivity index (χ0) is 23.4. The van der Waals surface area contributed by atoms with Crippen molar-refractivity contribution < 1.29 is 4.74 Å². The summed E-state index contributed by atoms with van der Waals surface area (Å²) in [7, 11) is 7.36. The van der Waals surface area contributed by atoms with Gasteiger partial charge < -0.3 is 24.8 Å². The van der Waals surface area contributed by atoms with Crippen LogP contribution in [0.5, 0.6) is 0 Å². The predicted octanol–water partition coefficient (Wildman–Crippen LogP) is 3.22. The number of likely N-dealkylation sites (N-methyl/N-ethyl adjacent to an activating group) is 1. The molecule has 3 aromatic rings. The molecule has 1 atom stereocenters. The number of aromatic nitrogens is 4. The SMILES string of the molecule is CC1CN(c2ccn(C)n2)c2nc(Nc3ccc(N4CCN(C)CC4)cc3)ncc21.COC. The van der Waals surface area contributed by atoms with E-state index in [1.54, 1.807) is 14.2 Å². The van der Waals surface area contributed by atoms with E-state index in [1.165, 1.54) is 5.69 Å². The fourth-order valence-electron chi connectivity index (χ4n) is 4.16. The second kappa shape index (κ2) is 10.2. The molecule has 0 amide bonds. The minimum Gasteiger partial charge on any atom is -0.388 e. The molecule has 0 aliphatic carbocycles. The Hall–Kier alpha value is -3.17. The summed E-state index contributed by atoms with van der Waals surface area (Å²) in [5.41, 5.74) is 3.42. The average Bonchev–Trinajstić information content (AvgIpc) is 3.38. The van der Waals surface area contributed by atoms with Crippen molar-refractivity contribution in [3.05, 3.63) is 48.3 Å². The van der Waals surface area contributed by atoms with Gasteiger partial charge in [0.05, 0.1) is 0 Å². The standard InChI is InChI=1S/C22H28N8.C2H6O/c1-16-15-30(20-8-9-28(3)26-20)21-19(16)14-23-22(25-21)24-17-4-6-18(7-5-17)29-12-10-27(2)11-13-29;1-3-2/h4-9,14,16H,10-13,15H2,1-3H3,(H,23,24,25);1-2H3. The highest BCUT2D eigenvalue weighted by Crippen LogP contribution is 2.38. The largest absolute Gasteiger partial charge is 0.388 e. The molecule has 2 aliphatic heterocycles. The van der Waals surface area contributed by atoms with Crippen molar-refractivity contribution in [2.24, 2.45) is 7.05 Å². The second-order valence-corrected chi connectivity index (χ2v) is 8.70. The topological polar surface area (TPSA) is 74.6 Å². The van der Waals surface area contributed by atoms with Crippen molar-refractivity contribution in [1.82, 2.24) is 24.6 Å². The Balaban J connectivity index is 0.000000821. The lowest BCUT2D eigenvalue weighted by molar-refractivity contribution is 0.277. The third kappa shape index (κ3) is 5.26. The Labute approximate surface area is 196 Å². The number of anilines is 5. The molecule has 0 bridgehead atoms. The number of benzene rings is 1. The van der Waals surface area contributed by atoms with E-state index in [2.05, 4.69) is 73.1 Å². The molecular weight excluding hydrogens is 416 g/mol. The summed E-state index contributed by atoms with van der Waals surface area (Å²) in [6, 6.07) is 10.6. The Morgan fingerprint density at radius 1 is 1.00 bits per heavy atom. The number of nitrogens with one attached hydrogen (secondary N) is 1. The van der Waals surface area contributed by atoms with Crippen LogP contribution in [0, 0.1) is 0 Å². The summed E-state index contributed by atoms with van der Waals surface area (Å²) >= 11 is 0. The second-order valence-electron chi connectivity index (χ2n) is 8.70. The van der Waals surface area contributed by atoms with E-state index >= 15 is 0 Å². The minimum atomic E-state index is 0.374. The van der Waals surface area contributed by atoms with Gasteiger partial charge in [-0.1, -0.05) is 6.92 Å². The van der Waals surface area contributed by atoms with Gasteiger partial charge in [0.1, 0.15) is 5.82 Å². The van der Waals surface area contributed by atoms with Gasteiger partial charge in [-0.15, -0.1) is 0 Å². The molecule has 5 rings (SSSR count). The Bertz CT molecular complexity index is 1040. The summed E-state index contributed by atoms with van der Waals surface area (Å²) in [6.45, 7) is 7.42. The molecule has 2 aromatic heterocycles. The summed E-state index contributed by atoms with van der Waals surface area (Å²) < 4.78 is 6.07. The maximum absolute atomic E-state index is 4.83. The Morgan fingerprint density at radius 2 is 1.70 bits per heavy atom. The molecule has 0 spiro atoms. The zero-order valence-electron chi connectivity index (χ0n) is 20.2. The van der Waals surface area contributed by atoms with Crippen LogP contribution in [-0.4, -0.2) is 78.6 Å². The van der Waals surface area contributed by atoms with Crippen molar-refractivity contribution in [3.63, 3.8) is 0 Å². The molecule has 0 radical (unpaired) electrons. The number of fused-ring (bicyclic) bond motifs is 1. The smallest absolute Gasteiger partial charge is 0.229 e. The van der Waals surface area contributed by atoms with Gasteiger partial charge in [0.2, 0.25) is 5.95 Å². The van der Waals surface area contributed by atoms with E-state index in [0.717, 1.165) is 55.6 Å². The lowest BCUT2D eigenvalue weighted by Crippen LogP contribution is -2.44. The molecule has 2 aliphatic rings. The normalized spacial score (nSPS) is 18.0. The van der Waals surface area contributed by atoms with E-state index in [4.69, 9.17) is 4.98 Å². The third-order valence-corrected chi connectivity index (χ3v) is 6.01. The number of rotatable bonds is 4. The van der Waals surface area contributed by atoms with Crippen LogP contribution in [0.25, 0.3) is 0 Å². The van der Waals surface area contributed by atoms with Crippen LogP contribution in [0.1, 0.15) is 18.4 Å². The Morgan fingerprint density at radius 3 is 2.33 bits per heavy atom. The summed E-state index contributed by atoms with van der Waals surface area (Å²) in [5, 5.41) is 7.91. The van der Waals surface area contributed by atoms with E-state index < -0.39 is 0 Å². The zero-order valence-corrected chi connectivity index (χ0v) is 20.2. The monoisotopic (exact) mass is 450 g/mol. The van der Waals surface area contributed by atoms with Crippen LogP contribution < -0.4 is 15.1 Å². The van der Waals surface area contributed by atoms with Gasteiger partial charge in [0.15, 0.2) is 5.82 Å². The summed E-state index contributed by atoms with van der Waals surface area (Å²) in [4.78, 5) is 16.4. The quantitative estimate of drug-likeness (QED) is 0.650. The van der Waals surface area contributed by atoms with Crippen molar-refractivity contribution in [1.29, 1.82) is 0 Å². The van der Waals surface area contributed by atoms with Crippen LogP contribution >= 0.6 is 0 Å². The van der Waals surface area contributed by atoms with Gasteiger partial charge in [-0.25, -0.2) is 4.98 Å². The van der Waals surface area contributed by atoms with Crippen LogP contribution in [0.4, 0.5) is 29.0 Å². The van der Waals surface area contributed by atoms with Crippen LogP contribution in [0.15, 0.2) is 42.7 Å². The molecule has 1 N–H and O–H groups in total. The fourth-order valence-corrected chi connectivity index (χ4v) is 4.16. The van der Waals surface area contributed by atoms with E-state index in [9.17, 15) is 0 Å². The van der Waals surface area contributed by atoms with Gasteiger partial charge in [-0.3, -0.25) is 4.68 Å². The molecule has 9 nitrogen and oxygen atoms in total. The average molecular weight is 451 g/mol. The highest BCUT2D eigenvalue weighted by Gasteiger charge is 2.30. The molecule has 1 fully saturated rings. The molecule has 176 valence electrons. The molecule has 0 saturated carbocycles. The number of hydrogen-bond donors (Lipinski definition) is 1. The highest BCUT2D eigenvalue weighted by molar-refractivity contribution is 5.67. The Kier molecular flexibility index (Phi) is 7.10. The van der Waals surface area contributed by atoms with Gasteiger partial charge in [0, 0.05) is 95.3 Å². The number of aryl methyl sites for hydroxylation is 1. The van der Waals surface area contributed by atoms with E-state index in [0.29, 0.717) is 11.9 Å². The first-order chi connectivity index (χ1) is 16.0. The summed E-state index contributed by atoms with van der Waals surface area (Å²) in [6.07, 6.45) is 3.90. The lowest BCUT2D eigenvalue weighted by Gasteiger charge is -2.34. The molecule has 1 unspecified atom stereocenters. The van der Waals surface area contributed by atoms with Crippen LogP contribution in [0.2, 0.25) is 0 Å². The van der Waals surface area contributed by atoms with Gasteiger partial charge >= 0.3 is 0 Å².